The van der Waals surface area contributed by atoms with Crippen molar-refractivity contribution in [2.75, 3.05) is 14.2 Å². The van der Waals surface area contributed by atoms with Crippen molar-refractivity contribution >= 4 is 40.3 Å². The monoisotopic (exact) mass is 379 g/mol. The first-order valence-corrected chi connectivity index (χ1v) is 9.49. The van der Waals surface area contributed by atoms with Gasteiger partial charge in [-0.2, -0.15) is 0 Å². The number of ether oxygens (including phenoxy) is 2. The van der Waals surface area contributed by atoms with Crippen LogP contribution in [-0.4, -0.2) is 40.5 Å². The van der Waals surface area contributed by atoms with Gasteiger partial charge in [0, 0.05) is 6.04 Å². The van der Waals surface area contributed by atoms with E-state index in [1.165, 1.54) is 32.4 Å². The first-order chi connectivity index (χ1) is 12.0. The minimum Gasteiger partial charge on any atom is -0.502 e. The Labute approximate surface area is 157 Å². The van der Waals surface area contributed by atoms with Crippen LogP contribution in [-0.2, 0) is 4.79 Å². The molecule has 1 N–H and O–H groups in total. The van der Waals surface area contributed by atoms with Crippen LogP contribution in [0.4, 0.5) is 0 Å². The van der Waals surface area contributed by atoms with Gasteiger partial charge in [-0.15, -0.1) is 0 Å². The Kier molecular flexibility index (Phi) is 5.54. The van der Waals surface area contributed by atoms with E-state index in [1.54, 1.807) is 23.1 Å². The number of phenolic OH excluding ortho intramolecular Hbond substituents is 1. The zero-order valence-corrected chi connectivity index (χ0v) is 15.9. The molecule has 1 heterocycles. The number of nitrogens with zero attached hydrogens (tertiary/aromatic N) is 1. The molecule has 0 radical (unpaired) electrons. The van der Waals surface area contributed by atoms with Gasteiger partial charge >= 0.3 is 0 Å². The fourth-order valence-corrected chi connectivity index (χ4v) is 4.68. The van der Waals surface area contributed by atoms with Crippen LogP contribution in [0.3, 0.4) is 0 Å². The van der Waals surface area contributed by atoms with Crippen molar-refractivity contribution in [2.45, 2.75) is 38.1 Å². The third-order valence-electron chi connectivity index (χ3n) is 4.56. The highest BCUT2D eigenvalue weighted by atomic mass is 32.2. The summed E-state index contributed by atoms with van der Waals surface area (Å²) in [5.74, 6) is 0.506. The molecule has 0 spiro atoms. The Bertz CT molecular complexity index is 701. The lowest BCUT2D eigenvalue weighted by Crippen LogP contribution is -2.39. The Morgan fingerprint density at radius 2 is 1.80 bits per heavy atom. The number of carbonyl (C=O) groups is 1. The highest BCUT2D eigenvalue weighted by Crippen LogP contribution is 2.40. The zero-order chi connectivity index (χ0) is 18.0. The molecule has 1 aliphatic carbocycles. The number of thioether (sulfide) groups is 1. The van der Waals surface area contributed by atoms with Gasteiger partial charge in [0.1, 0.15) is 4.32 Å². The Balaban J connectivity index is 1.89. The van der Waals surface area contributed by atoms with E-state index in [1.807, 2.05) is 0 Å². The Morgan fingerprint density at radius 3 is 2.36 bits per heavy atom. The van der Waals surface area contributed by atoms with E-state index < -0.39 is 0 Å². The maximum absolute atomic E-state index is 12.8. The molecule has 0 atom stereocenters. The summed E-state index contributed by atoms with van der Waals surface area (Å²) in [6, 6.07) is 3.56. The van der Waals surface area contributed by atoms with Gasteiger partial charge in [-0.25, -0.2) is 0 Å². The lowest BCUT2D eigenvalue weighted by Gasteiger charge is -2.29. The Hall–Kier alpha value is -1.73. The number of benzene rings is 1. The number of amides is 1. The van der Waals surface area contributed by atoms with E-state index in [9.17, 15) is 9.90 Å². The summed E-state index contributed by atoms with van der Waals surface area (Å²) in [5, 5.41) is 10.0. The molecule has 1 saturated heterocycles. The van der Waals surface area contributed by atoms with Gasteiger partial charge in [0.25, 0.3) is 5.91 Å². The number of phenols is 1. The molecule has 1 amide bonds. The van der Waals surface area contributed by atoms with Crippen LogP contribution in [0, 0.1) is 0 Å². The number of hydrogen-bond acceptors (Lipinski definition) is 6. The largest absolute Gasteiger partial charge is 0.502 e. The molecule has 7 heteroatoms. The molecule has 0 aromatic heterocycles. The summed E-state index contributed by atoms with van der Waals surface area (Å²) < 4.78 is 11.0. The summed E-state index contributed by atoms with van der Waals surface area (Å²) in [4.78, 5) is 15.2. The van der Waals surface area contributed by atoms with E-state index >= 15 is 0 Å². The molecule has 2 fully saturated rings. The average molecular weight is 380 g/mol. The van der Waals surface area contributed by atoms with Crippen LogP contribution in [0.1, 0.15) is 37.7 Å². The Morgan fingerprint density at radius 1 is 1.20 bits per heavy atom. The van der Waals surface area contributed by atoms with E-state index in [2.05, 4.69) is 0 Å². The fourth-order valence-electron chi connectivity index (χ4n) is 3.28. The van der Waals surface area contributed by atoms with Crippen molar-refractivity contribution in [3.8, 4) is 17.2 Å². The van der Waals surface area contributed by atoms with Crippen LogP contribution in [0.25, 0.3) is 6.08 Å². The van der Waals surface area contributed by atoms with Gasteiger partial charge in [-0.1, -0.05) is 43.2 Å². The molecular weight excluding hydrogens is 358 g/mol. The molecule has 25 heavy (non-hydrogen) atoms. The second-order valence-electron chi connectivity index (χ2n) is 6.12. The number of carbonyl (C=O) groups excluding carboxylic acids is 1. The molecule has 1 saturated carbocycles. The SMILES string of the molecule is COc1cc(/C=C2\SC(=S)N(C3CCCCC3)C2=O)cc(OC)c1O. The summed E-state index contributed by atoms with van der Waals surface area (Å²) in [5.41, 5.74) is 0.718. The summed E-state index contributed by atoms with van der Waals surface area (Å²) in [6.45, 7) is 0. The molecule has 3 rings (SSSR count). The van der Waals surface area contributed by atoms with Crippen molar-refractivity contribution < 1.29 is 19.4 Å². The van der Waals surface area contributed by atoms with Crippen molar-refractivity contribution in [3.63, 3.8) is 0 Å². The zero-order valence-electron chi connectivity index (χ0n) is 14.3. The highest BCUT2D eigenvalue weighted by molar-refractivity contribution is 8.26. The quantitative estimate of drug-likeness (QED) is 0.632. The lowest BCUT2D eigenvalue weighted by atomic mass is 9.94. The molecular formula is C18H21NO4S2. The first-order valence-electron chi connectivity index (χ1n) is 8.27. The van der Waals surface area contributed by atoms with E-state index in [-0.39, 0.29) is 17.7 Å². The maximum Gasteiger partial charge on any atom is 0.266 e. The van der Waals surface area contributed by atoms with Gasteiger partial charge in [0.15, 0.2) is 11.5 Å². The highest BCUT2D eigenvalue weighted by Gasteiger charge is 2.37. The van der Waals surface area contributed by atoms with E-state index in [0.29, 0.717) is 20.7 Å². The van der Waals surface area contributed by atoms with Crippen LogP contribution >= 0.6 is 24.0 Å². The number of methoxy groups -OCH3 is 2. The third-order valence-corrected chi connectivity index (χ3v) is 5.89. The van der Waals surface area contributed by atoms with Crippen LogP contribution < -0.4 is 9.47 Å². The van der Waals surface area contributed by atoms with Crippen LogP contribution in [0.5, 0.6) is 17.2 Å². The number of aromatic hydroxyl groups is 1. The summed E-state index contributed by atoms with van der Waals surface area (Å²) in [7, 11) is 2.95. The smallest absolute Gasteiger partial charge is 0.266 e. The predicted octanol–water partition coefficient (Wildman–Crippen LogP) is 3.94. The van der Waals surface area contributed by atoms with Gasteiger partial charge in [0.05, 0.1) is 19.1 Å². The normalized spacial score (nSPS) is 20.4. The summed E-state index contributed by atoms with van der Waals surface area (Å²) in [6.07, 6.45) is 7.32. The van der Waals surface area contributed by atoms with Crippen molar-refractivity contribution in [3.05, 3.63) is 22.6 Å². The molecule has 0 bridgehead atoms. The number of rotatable bonds is 4. The molecule has 0 unspecified atom stereocenters. The van der Waals surface area contributed by atoms with Crippen molar-refractivity contribution in [1.82, 2.24) is 4.90 Å². The molecule has 1 aliphatic heterocycles. The minimum atomic E-state index is -0.0584. The number of thiocarbonyl (C=S) groups is 1. The topological polar surface area (TPSA) is 59.0 Å². The minimum absolute atomic E-state index is 0.0343. The van der Waals surface area contributed by atoms with Crippen molar-refractivity contribution in [1.29, 1.82) is 0 Å². The average Bonchev–Trinajstić information content (AvgIpc) is 2.90. The first kappa shape index (κ1) is 18.1. The van der Waals surface area contributed by atoms with Gasteiger partial charge in [-0.05, 0) is 36.6 Å². The van der Waals surface area contributed by atoms with Gasteiger partial charge in [0.2, 0.25) is 5.75 Å². The van der Waals surface area contributed by atoms with Gasteiger partial charge in [-0.3, -0.25) is 9.69 Å². The van der Waals surface area contributed by atoms with E-state index in [0.717, 1.165) is 31.2 Å². The van der Waals surface area contributed by atoms with E-state index in [4.69, 9.17) is 21.7 Å². The molecule has 1 aromatic carbocycles. The number of hydrogen-bond donors (Lipinski definition) is 1. The van der Waals surface area contributed by atoms with Crippen LogP contribution in [0.15, 0.2) is 17.0 Å². The fraction of sp³-hybridized carbons (Fsp3) is 0.444. The predicted molar refractivity (Wildman–Crippen MR) is 103 cm³/mol. The summed E-state index contributed by atoms with van der Waals surface area (Å²) >= 11 is 6.77. The standard InChI is InChI=1S/C18H21NO4S2/c1-22-13-8-11(9-14(23-2)16(13)20)10-15-17(21)19(18(24)25-15)12-6-4-3-5-7-12/h8-10,12,20H,3-7H2,1-2H3/b15-10-. The van der Waals surface area contributed by atoms with Crippen molar-refractivity contribution in [2.24, 2.45) is 0 Å². The maximum atomic E-state index is 12.8. The third kappa shape index (κ3) is 3.62. The molecule has 2 aliphatic rings. The molecule has 5 nitrogen and oxygen atoms in total. The lowest BCUT2D eigenvalue weighted by molar-refractivity contribution is -0.124. The second kappa shape index (κ2) is 7.66. The molecule has 134 valence electrons. The van der Waals surface area contributed by atoms with Gasteiger partial charge < -0.3 is 14.6 Å². The second-order valence-corrected chi connectivity index (χ2v) is 7.79. The molecule has 1 aromatic rings. The van der Waals surface area contributed by atoms with Crippen LogP contribution in [0.2, 0.25) is 0 Å².